The van der Waals surface area contributed by atoms with E-state index in [0.717, 1.165) is 12.5 Å². The van der Waals surface area contributed by atoms with Crippen LogP contribution in [0.4, 0.5) is 19.0 Å². The summed E-state index contributed by atoms with van der Waals surface area (Å²) in [6.07, 6.45) is -2.29. The number of hydrogen-bond acceptors (Lipinski definition) is 5. The first kappa shape index (κ1) is 12.1. The van der Waals surface area contributed by atoms with Crippen LogP contribution in [0.5, 0.6) is 0 Å². The van der Waals surface area contributed by atoms with Gasteiger partial charge in [0.05, 0.1) is 4.88 Å². The van der Waals surface area contributed by atoms with Crippen molar-refractivity contribution in [2.24, 2.45) is 0 Å². The normalized spacial score (nSPS) is 11.8. The van der Waals surface area contributed by atoms with E-state index in [1.54, 1.807) is 0 Å². The molecule has 2 N–H and O–H groups in total. The lowest BCUT2D eigenvalue weighted by Crippen LogP contribution is -2.02. The SMILES string of the molecule is Nc1ncnc(-c2cnc(C(F)(F)F)s2)c1Cl. The van der Waals surface area contributed by atoms with Crippen LogP contribution in [0, 0.1) is 0 Å². The first-order valence-electron chi connectivity index (χ1n) is 4.19. The van der Waals surface area contributed by atoms with E-state index >= 15 is 0 Å². The highest BCUT2D eigenvalue weighted by atomic mass is 35.5. The van der Waals surface area contributed by atoms with E-state index in [1.807, 2.05) is 0 Å². The molecule has 90 valence electrons. The zero-order valence-electron chi connectivity index (χ0n) is 7.99. The Labute approximate surface area is 102 Å². The van der Waals surface area contributed by atoms with Crippen LogP contribution < -0.4 is 5.73 Å². The van der Waals surface area contributed by atoms with Gasteiger partial charge < -0.3 is 5.73 Å². The summed E-state index contributed by atoms with van der Waals surface area (Å²) in [4.78, 5) is 10.9. The Morgan fingerprint density at radius 1 is 1.24 bits per heavy atom. The van der Waals surface area contributed by atoms with E-state index in [9.17, 15) is 13.2 Å². The molecule has 0 radical (unpaired) electrons. The van der Waals surface area contributed by atoms with Gasteiger partial charge in [0.15, 0.2) is 5.01 Å². The summed E-state index contributed by atoms with van der Waals surface area (Å²) in [6.45, 7) is 0. The first-order chi connectivity index (χ1) is 7.89. The van der Waals surface area contributed by atoms with Crippen molar-refractivity contribution in [2.75, 3.05) is 5.73 Å². The Hall–Kier alpha value is -1.41. The number of thiazole rings is 1. The first-order valence-corrected chi connectivity index (χ1v) is 5.38. The van der Waals surface area contributed by atoms with E-state index in [0.29, 0.717) is 11.3 Å². The zero-order valence-corrected chi connectivity index (χ0v) is 9.57. The molecule has 17 heavy (non-hydrogen) atoms. The van der Waals surface area contributed by atoms with Crippen LogP contribution in [0.1, 0.15) is 5.01 Å². The quantitative estimate of drug-likeness (QED) is 0.872. The molecule has 0 unspecified atom stereocenters. The molecule has 0 aliphatic heterocycles. The van der Waals surface area contributed by atoms with Crippen LogP contribution in [0.2, 0.25) is 5.02 Å². The molecule has 0 bridgehead atoms. The molecule has 2 rings (SSSR count). The summed E-state index contributed by atoms with van der Waals surface area (Å²) >= 11 is 6.25. The fourth-order valence-electron chi connectivity index (χ4n) is 1.07. The Bertz CT molecular complexity index is 554. The van der Waals surface area contributed by atoms with Gasteiger partial charge >= 0.3 is 6.18 Å². The van der Waals surface area contributed by atoms with Gasteiger partial charge in [-0.2, -0.15) is 13.2 Å². The van der Waals surface area contributed by atoms with Gasteiger partial charge in [-0.15, -0.1) is 11.3 Å². The van der Waals surface area contributed by atoms with Gasteiger partial charge in [0, 0.05) is 6.20 Å². The number of nitrogens with two attached hydrogens (primary N) is 1. The molecule has 0 aliphatic rings. The van der Waals surface area contributed by atoms with E-state index in [4.69, 9.17) is 17.3 Å². The van der Waals surface area contributed by atoms with Crippen LogP contribution >= 0.6 is 22.9 Å². The third-order valence-electron chi connectivity index (χ3n) is 1.80. The Morgan fingerprint density at radius 3 is 2.53 bits per heavy atom. The average Bonchev–Trinajstić information content (AvgIpc) is 2.70. The summed E-state index contributed by atoms with van der Waals surface area (Å²) in [5.74, 6) is 0.0126. The fraction of sp³-hybridized carbons (Fsp3) is 0.125. The lowest BCUT2D eigenvalue weighted by molar-refractivity contribution is -0.137. The molecular weight excluding hydrogens is 277 g/mol. The Kier molecular flexibility index (Phi) is 2.92. The van der Waals surface area contributed by atoms with Crippen LogP contribution in [0.15, 0.2) is 12.5 Å². The standard InChI is InChI=1S/C8H4ClF3N4S/c9-4-5(15-2-16-6(4)13)3-1-14-7(17-3)8(10,11)12/h1-2H,(H2,13,15,16). The number of rotatable bonds is 1. The lowest BCUT2D eigenvalue weighted by Gasteiger charge is -2.01. The van der Waals surface area contributed by atoms with Gasteiger partial charge in [-0.1, -0.05) is 11.6 Å². The fourth-order valence-corrected chi connectivity index (χ4v) is 2.11. The van der Waals surface area contributed by atoms with Gasteiger partial charge in [0.25, 0.3) is 0 Å². The molecule has 2 aromatic rings. The van der Waals surface area contributed by atoms with Gasteiger partial charge in [-0.05, 0) is 0 Å². The molecule has 9 heteroatoms. The molecule has 0 amide bonds. The summed E-state index contributed by atoms with van der Waals surface area (Å²) in [6, 6.07) is 0. The van der Waals surface area contributed by atoms with Crippen molar-refractivity contribution in [2.45, 2.75) is 6.18 Å². The van der Waals surface area contributed by atoms with Crippen molar-refractivity contribution in [3.05, 3.63) is 22.6 Å². The molecule has 0 spiro atoms. The lowest BCUT2D eigenvalue weighted by atomic mass is 10.3. The summed E-state index contributed by atoms with van der Waals surface area (Å²) in [5, 5.41) is -0.939. The van der Waals surface area contributed by atoms with Crippen molar-refractivity contribution < 1.29 is 13.2 Å². The molecule has 0 aliphatic carbocycles. The molecule has 0 atom stereocenters. The predicted octanol–water partition coefficient (Wildman–Crippen LogP) is 2.85. The van der Waals surface area contributed by atoms with Crippen LogP contribution in [-0.4, -0.2) is 15.0 Å². The van der Waals surface area contributed by atoms with Crippen molar-refractivity contribution >= 4 is 28.8 Å². The zero-order chi connectivity index (χ0) is 12.6. The maximum Gasteiger partial charge on any atom is 0.443 e. The van der Waals surface area contributed by atoms with E-state index in [2.05, 4.69) is 15.0 Å². The number of nitrogen functional groups attached to an aromatic ring is 1. The number of nitrogens with zero attached hydrogens (tertiary/aromatic N) is 3. The maximum absolute atomic E-state index is 12.4. The number of anilines is 1. The monoisotopic (exact) mass is 280 g/mol. The molecule has 2 aromatic heterocycles. The topological polar surface area (TPSA) is 64.7 Å². The minimum atomic E-state index is -4.48. The van der Waals surface area contributed by atoms with Crippen LogP contribution in [0.25, 0.3) is 10.6 Å². The van der Waals surface area contributed by atoms with Crippen LogP contribution in [0.3, 0.4) is 0 Å². The summed E-state index contributed by atoms with van der Waals surface area (Å²) in [7, 11) is 0. The summed E-state index contributed by atoms with van der Waals surface area (Å²) in [5.41, 5.74) is 5.58. The second-order valence-corrected chi connectivity index (χ2v) is 4.36. The van der Waals surface area contributed by atoms with Crippen molar-refractivity contribution in [3.8, 4) is 10.6 Å². The average molecular weight is 281 g/mol. The highest BCUT2D eigenvalue weighted by molar-refractivity contribution is 7.15. The van der Waals surface area contributed by atoms with Crippen molar-refractivity contribution in [1.29, 1.82) is 0 Å². The molecular formula is C8H4ClF3N4S. The van der Waals surface area contributed by atoms with Gasteiger partial charge in [0.1, 0.15) is 22.9 Å². The van der Waals surface area contributed by atoms with Crippen LogP contribution in [-0.2, 0) is 6.18 Å². The molecule has 0 saturated carbocycles. The van der Waals surface area contributed by atoms with Gasteiger partial charge in [-0.25, -0.2) is 15.0 Å². The third-order valence-corrected chi connectivity index (χ3v) is 3.22. The Balaban J connectivity index is 2.48. The van der Waals surface area contributed by atoms with E-state index in [-0.39, 0.29) is 21.4 Å². The summed E-state index contributed by atoms with van der Waals surface area (Å²) < 4.78 is 37.1. The number of hydrogen-bond donors (Lipinski definition) is 1. The van der Waals surface area contributed by atoms with Crippen molar-refractivity contribution in [1.82, 2.24) is 15.0 Å². The van der Waals surface area contributed by atoms with E-state index in [1.165, 1.54) is 0 Å². The third kappa shape index (κ3) is 2.32. The smallest absolute Gasteiger partial charge is 0.382 e. The molecule has 0 saturated heterocycles. The number of halogens is 4. The second-order valence-electron chi connectivity index (χ2n) is 2.95. The van der Waals surface area contributed by atoms with E-state index < -0.39 is 11.2 Å². The van der Waals surface area contributed by atoms with Crippen molar-refractivity contribution in [3.63, 3.8) is 0 Å². The molecule has 2 heterocycles. The van der Waals surface area contributed by atoms with Gasteiger partial charge in [0.2, 0.25) is 0 Å². The maximum atomic E-state index is 12.4. The number of alkyl halides is 3. The minimum absolute atomic E-state index is 0.0126. The Morgan fingerprint density at radius 2 is 1.94 bits per heavy atom. The second kappa shape index (κ2) is 4.11. The molecule has 4 nitrogen and oxygen atoms in total. The predicted molar refractivity (Wildman–Crippen MR) is 57.6 cm³/mol. The molecule has 0 fully saturated rings. The minimum Gasteiger partial charge on any atom is -0.382 e. The molecule has 0 aromatic carbocycles. The largest absolute Gasteiger partial charge is 0.443 e. The number of aromatic nitrogens is 3. The highest BCUT2D eigenvalue weighted by Crippen LogP contribution is 2.38. The van der Waals surface area contributed by atoms with Gasteiger partial charge in [-0.3, -0.25) is 0 Å². The highest BCUT2D eigenvalue weighted by Gasteiger charge is 2.35.